The van der Waals surface area contributed by atoms with Gasteiger partial charge in [0.1, 0.15) is 5.75 Å². The lowest BCUT2D eigenvalue weighted by Gasteiger charge is -2.32. The maximum absolute atomic E-state index is 12.4. The Kier molecular flexibility index (Phi) is 3.87. The monoisotopic (exact) mass is 338 g/mol. The summed E-state index contributed by atoms with van der Waals surface area (Å²) in [7, 11) is 0. The third-order valence-corrected chi connectivity index (χ3v) is 4.85. The molecule has 0 radical (unpaired) electrons. The fourth-order valence-electron chi connectivity index (χ4n) is 3.29. The van der Waals surface area contributed by atoms with Crippen molar-refractivity contribution in [2.24, 2.45) is 5.92 Å². The average molecular weight is 338 g/mol. The molecule has 25 heavy (non-hydrogen) atoms. The predicted octanol–water partition coefficient (Wildman–Crippen LogP) is 2.28. The molecule has 2 aliphatic rings. The van der Waals surface area contributed by atoms with E-state index in [1.54, 1.807) is 6.20 Å². The second kappa shape index (κ2) is 6.20. The molecular formula is C19H18N2O4. The van der Waals surface area contributed by atoms with Gasteiger partial charge in [0.2, 0.25) is 0 Å². The molecule has 2 N–H and O–H groups in total. The highest BCUT2D eigenvalue weighted by molar-refractivity contribution is 5.95. The quantitative estimate of drug-likeness (QED) is 0.893. The minimum absolute atomic E-state index is 0.0746. The number of carbonyl (C=O) groups is 2. The summed E-state index contributed by atoms with van der Waals surface area (Å²) in [6, 6.07) is 7.73. The maximum Gasteiger partial charge on any atom is 0.306 e. The molecule has 6 heteroatoms. The standard InChI is InChI=1S/C19H18N2O4/c22-18(21-16-7-13(8-16)19(23)24)15-6-14(9-20-10-15)11-1-2-17-12(5-11)3-4-25-17/h1-2,5-6,9-10,13,16H,3-4,7-8H2,(H,21,22)(H,23,24). The van der Waals surface area contributed by atoms with Crippen LogP contribution in [-0.2, 0) is 11.2 Å². The molecule has 1 fully saturated rings. The maximum atomic E-state index is 12.4. The van der Waals surface area contributed by atoms with E-state index < -0.39 is 5.97 Å². The zero-order valence-corrected chi connectivity index (χ0v) is 13.6. The highest BCUT2D eigenvalue weighted by atomic mass is 16.5. The van der Waals surface area contributed by atoms with Gasteiger partial charge in [-0.2, -0.15) is 0 Å². The molecule has 1 aromatic heterocycles. The first-order valence-corrected chi connectivity index (χ1v) is 8.35. The lowest BCUT2D eigenvalue weighted by Crippen LogP contribution is -2.46. The van der Waals surface area contributed by atoms with E-state index in [2.05, 4.69) is 16.4 Å². The summed E-state index contributed by atoms with van der Waals surface area (Å²) < 4.78 is 5.52. The SMILES string of the molecule is O=C(NC1CC(C(=O)O)C1)c1cncc(-c2ccc3c(c2)CCO3)c1. The number of carbonyl (C=O) groups excluding carboxylic acids is 1. The zero-order valence-electron chi connectivity index (χ0n) is 13.6. The van der Waals surface area contributed by atoms with Gasteiger partial charge in [0.05, 0.1) is 18.1 Å². The van der Waals surface area contributed by atoms with E-state index in [4.69, 9.17) is 9.84 Å². The third kappa shape index (κ3) is 3.07. The van der Waals surface area contributed by atoms with Gasteiger partial charge in [0.25, 0.3) is 5.91 Å². The van der Waals surface area contributed by atoms with Crippen molar-refractivity contribution < 1.29 is 19.4 Å². The Balaban J connectivity index is 1.48. The summed E-state index contributed by atoms with van der Waals surface area (Å²) in [6.07, 6.45) is 5.13. The van der Waals surface area contributed by atoms with Gasteiger partial charge in [-0.1, -0.05) is 6.07 Å². The molecule has 1 aliphatic heterocycles. The molecule has 0 unspecified atom stereocenters. The molecule has 1 saturated carbocycles. The molecule has 0 bridgehead atoms. The number of ether oxygens (including phenoxy) is 1. The van der Waals surface area contributed by atoms with Gasteiger partial charge in [-0.05, 0) is 42.2 Å². The number of rotatable bonds is 4. The molecular weight excluding hydrogens is 320 g/mol. The third-order valence-electron chi connectivity index (χ3n) is 4.85. The van der Waals surface area contributed by atoms with Crippen molar-refractivity contribution in [2.45, 2.75) is 25.3 Å². The Hall–Kier alpha value is -2.89. The number of amides is 1. The van der Waals surface area contributed by atoms with E-state index in [1.807, 2.05) is 18.2 Å². The Morgan fingerprint density at radius 2 is 2.00 bits per heavy atom. The minimum Gasteiger partial charge on any atom is -0.493 e. The minimum atomic E-state index is -0.797. The van der Waals surface area contributed by atoms with E-state index in [0.29, 0.717) is 25.0 Å². The molecule has 0 atom stereocenters. The summed E-state index contributed by atoms with van der Waals surface area (Å²) >= 11 is 0. The van der Waals surface area contributed by atoms with Crippen LogP contribution < -0.4 is 10.1 Å². The van der Waals surface area contributed by atoms with Crippen LogP contribution in [-0.4, -0.2) is 34.6 Å². The van der Waals surface area contributed by atoms with Crippen LogP contribution in [0.3, 0.4) is 0 Å². The number of hydrogen-bond acceptors (Lipinski definition) is 4. The van der Waals surface area contributed by atoms with Gasteiger partial charge in [0.15, 0.2) is 0 Å². The average Bonchev–Trinajstić information content (AvgIpc) is 3.05. The zero-order chi connectivity index (χ0) is 17.4. The molecule has 4 rings (SSSR count). The van der Waals surface area contributed by atoms with Crippen LogP contribution in [0.15, 0.2) is 36.7 Å². The number of carboxylic acids is 1. The Labute approximate surface area is 144 Å². The number of pyridine rings is 1. The Bertz CT molecular complexity index is 843. The van der Waals surface area contributed by atoms with Crippen molar-refractivity contribution in [3.63, 3.8) is 0 Å². The Morgan fingerprint density at radius 1 is 1.16 bits per heavy atom. The number of aliphatic carboxylic acids is 1. The van der Waals surface area contributed by atoms with Gasteiger partial charge in [-0.3, -0.25) is 14.6 Å². The van der Waals surface area contributed by atoms with E-state index >= 15 is 0 Å². The molecule has 2 aromatic rings. The molecule has 2 heterocycles. The van der Waals surface area contributed by atoms with Crippen LogP contribution in [0.4, 0.5) is 0 Å². The van der Waals surface area contributed by atoms with Gasteiger partial charge < -0.3 is 15.2 Å². The number of hydrogen-bond donors (Lipinski definition) is 2. The van der Waals surface area contributed by atoms with Crippen molar-refractivity contribution >= 4 is 11.9 Å². The lowest BCUT2D eigenvalue weighted by atomic mass is 9.80. The van der Waals surface area contributed by atoms with Crippen LogP contribution in [0.1, 0.15) is 28.8 Å². The first kappa shape index (κ1) is 15.6. The summed E-state index contributed by atoms with van der Waals surface area (Å²) in [5.41, 5.74) is 3.52. The van der Waals surface area contributed by atoms with E-state index in [0.717, 1.165) is 23.3 Å². The number of nitrogens with one attached hydrogen (secondary N) is 1. The molecule has 6 nitrogen and oxygen atoms in total. The van der Waals surface area contributed by atoms with Crippen molar-refractivity contribution in [2.75, 3.05) is 6.61 Å². The van der Waals surface area contributed by atoms with Crippen LogP contribution in [0.5, 0.6) is 5.75 Å². The number of benzene rings is 1. The first-order chi connectivity index (χ1) is 12.1. The second-order valence-electron chi connectivity index (χ2n) is 6.56. The topological polar surface area (TPSA) is 88.5 Å². The van der Waals surface area contributed by atoms with Crippen LogP contribution in [0.25, 0.3) is 11.1 Å². The summed E-state index contributed by atoms with van der Waals surface area (Å²) in [6.45, 7) is 0.707. The van der Waals surface area contributed by atoms with Crippen LogP contribution in [0, 0.1) is 5.92 Å². The van der Waals surface area contributed by atoms with Crippen molar-refractivity contribution in [3.05, 3.63) is 47.8 Å². The van der Waals surface area contributed by atoms with Crippen LogP contribution >= 0.6 is 0 Å². The van der Waals surface area contributed by atoms with Gasteiger partial charge in [0, 0.05) is 30.4 Å². The summed E-state index contributed by atoms with van der Waals surface area (Å²) in [5.74, 6) is -0.436. The molecule has 0 saturated heterocycles. The fraction of sp³-hybridized carbons (Fsp3) is 0.316. The second-order valence-corrected chi connectivity index (χ2v) is 6.56. The van der Waals surface area contributed by atoms with Crippen molar-refractivity contribution in [1.29, 1.82) is 0 Å². The highest BCUT2D eigenvalue weighted by Gasteiger charge is 2.35. The van der Waals surface area contributed by atoms with Gasteiger partial charge >= 0.3 is 5.97 Å². The summed E-state index contributed by atoms with van der Waals surface area (Å²) in [4.78, 5) is 27.4. The molecule has 1 aromatic carbocycles. The number of fused-ring (bicyclic) bond motifs is 1. The Morgan fingerprint density at radius 3 is 2.80 bits per heavy atom. The van der Waals surface area contributed by atoms with E-state index in [1.165, 1.54) is 11.8 Å². The van der Waals surface area contributed by atoms with E-state index in [9.17, 15) is 9.59 Å². The lowest BCUT2D eigenvalue weighted by molar-refractivity contribution is -0.145. The largest absolute Gasteiger partial charge is 0.493 e. The molecule has 1 aliphatic carbocycles. The van der Waals surface area contributed by atoms with E-state index in [-0.39, 0.29) is 17.9 Å². The first-order valence-electron chi connectivity index (χ1n) is 8.35. The molecule has 1 amide bonds. The number of carboxylic acid groups (broad SMARTS) is 1. The predicted molar refractivity (Wildman–Crippen MR) is 90.5 cm³/mol. The molecule has 128 valence electrons. The smallest absolute Gasteiger partial charge is 0.306 e. The molecule has 0 spiro atoms. The van der Waals surface area contributed by atoms with Crippen LogP contribution in [0.2, 0.25) is 0 Å². The van der Waals surface area contributed by atoms with Gasteiger partial charge in [-0.15, -0.1) is 0 Å². The highest BCUT2D eigenvalue weighted by Crippen LogP contribution is 2.31. The number of nitrogens with zero attached hydrogens (tertiary/aromatic N) is 1. The summed E-state index contributed by atoms with van der Waals surface area (Å²) in [5, 5.41) is 11.8. The van der Waals surface area contributed by atoms with Crippen molar-refractivity contribution in [3.8, 4) is 16.9 Å². The normalized spacial score (nSPS) is 21.0. The number of aromatic nitrogens is 1. The van der Waals surface area contributed by atoms with Crippen molar-refractivity contribution in [1.82, 2.24) is 10.3 Å². The fourth-order valence-corrected chi connectivity index (χ4v) is 3.29. The van der Waals surface area contributed by atoms with Gasteiger partial charge in [-0.25, -0.2) is 0 Å².